The minimum absolute atomic E-state index is 0.0898. The molecule has 1 heterocycles. The Morgan fingerprint density at radius 2 is 1.87 bits per heavy atom. The number of nitrogens with one attached hydrogen (secondary N) is 1. The summed E-state index contributed by atoms with van der Waals surface area (Å²) >= 11 is 0. The second-order valence-corrected chi connectivity index (χ2v) is 6.60. The largest absolute Gasteiger partial charge is 0.353 e. The van der Waals surface area contributed by atoms with Crippen molar-refractivity contribution in [1.29, 1.82) is 0 Å². The van der Waals surface area contributed by atoms with Gasteiger partial charge in [0.05, 0.1) is 0 Å². The summed E-state index contributed by atoms with van der Waals surface area (Å²) in [5.74, 6) is 0.686. The van der Waals surface area contributed by atoms with Crippen molar-refractivity contribution in [3.63, 3.8) is 0 Å². The Morgan fingerprint density at radius 3 is 2.48 bits per heavy atom. The van der Waals surface area contributed by atoms with Gasteiger partial charge in [-0.1, -0.05) is 44.9 Å². The summed E-state index contributed by atoms with van der Waals surface area (Å²) in [5.41, 5.74) is 0.739. The lowest BCUT2D eigenvalue weighted by molar-refractivity contribution is -0.122. The molecule has 4 heteroatoms. The molecule has 2 amide bonds. The number of hydrogen-bond acceptors (Lipinski definition) is 2. The molecule has 1 aromatic rings. The Morgan fingerprint density at radius 1 is 1.22 bits per heavy atom. The first kappa shape index (κ1) is 17.5. The Labute approximate surface area is 139 Å². The molecule has 1 aliphatic heterocycles. The van der Waals surface area contributed by atoms with Gasteiger partial charge in [-0.2, -0.15) is 0 Å². The molecule has 1 aliphatic rings. The molecular formula is C19H28N2O2. The number of likely N-dealkylation sites (tertiary alicyclic amines) is 1. The van der Waals surface area contributed by atoms with E-state index in [9.17, 15) is 9.59 Å². The minimum Gasteiger partial charge on any atom is -0.353 e. The van der Waals surface area contributed by atoms with E-state index in [1.165, 1.54) is 0 Å². The van der Waals surface area contributed by atoms with E-state index in [2.05, 4.69) is 19.2 Å². The highest BCUT2D eigenvalue weighted by molar-refractivity contribution is 5.94. The second-order valence-electron chi connectivity index (χ2n) is 6.60. The standard InChI is InChI=1S/C19H28N2O2/c1-3-7-15(2)14-18(22)20-17-10-12-21(13-11-17)19(23)16-8-5-4-6-9-16/h4-6,8-9,15,17H,3,7,10-14H2,1-2H3,(H,20,22). The van der Waals surface area contributed by atoms with Crippen LogP contribution in [0.5, 0.6) is 0 Å². The van der Waals surface area contributed by atoms with Gasteiger partial charge in [-0.15, -0.1) is 0 Å². The topological polar surface area (TPSA) is 49.4 Å². The smallest absolute Gasteiger partial charge is 0.253 e. The van der Waals surface area contributed by atoms with Crippen LogP contribution in [-0.2, 0) is 4.79 Å². The molecular weight excluding hydrogens is 288 g/mol. The van der Waals surface area contributed by atoms with Crippen molar-refractivity contribution < 1.29 is 9.59 Å². The molecule has 4 nitrogen and oxygen atoms in total. The zero-order chi connectivity index (χ0) is 16.7. The van der Waals surface area contributed by atoms with E-state index in [0.717, 1.165) is 31.2 Å². The van der Waals surface area contributed by atoms with Gasteiger partial charge in [-0.3, -0.25) is 9.59 Å². The van der Waals surface area contributed by atoms with E-state index in [-0.39, 0.29) is 17.9 Å². The third-order valence-corrected chi connectivity index (χ3v) is 4.48. The summed E-state index contributed by atoms with van der Waals surface area (Å²) in [5, 5.41) is 3.13. The molecule has 23 heavy (non-hydrogen) atoms. The van der Waals surface area contributed by atoms with Gasteiger partial charge in [-0.05, 0) is 30.9 Å². The molecule has 2 rings (SSSR count). The molecule has 1 unspecified atom stereocenters. The average Bonchev–Trinajstić information content (AvgIpc) is 2.56. The highest BCUT2D eigenvalue weighted by Crippen LogP contribution is 2.15. The molecule has 1 fully saturated rings. The number of carbonyl (C=O) groups excluding carboxylic acids is 2. The summed E-state index contributed by atoms with van der Waals surface area (Å²) < 4.78 is 0. The van der Waals surface area contributed by atoms with E-state index in [4.69, 9.17) is 0 Å². The van der Waals surface area contributed by atoms with Crippen LogP contribution in [0.1, 0.15) is 56.3 Å². The fourth-order valence-electron chi connectivity index (χ4n) is 3.19. The molecule has 1 saturated heterocycles. The molecule has 126 valence electrons. The molecule has 0 radical (unpaired) electrons. The number of rotatable bonds is 6. The van der Waals surface area contributed by atoms with E-state index < -0.39 is 0 Å². The molecule has 0 aromatic heterocycles. The van der Waals surface area contributed by atoms with Crippen LogP contribution >= 0.6 is 0 Å². The van der Waals surface area contributed by atoms with Crippen LogP contribution in [0.4, 0.5) is 0 Å². The Balaban J connectivity index is 1.75. The van der Waals surface area contributed by atoms with Crippen molar-refractivity contribution in [2.75, 3.05) is 13.1 Å². The van der Waals surface area contributed by atoms with Crippen LogP contribution in [0, 0.1) is 5.92 Å². The third kappa shape index (κ3) is 5.38. The van der Waals surface area contributed by atoms with E-state index in [1.807, 2.05) is 35.2 Å². The number of benzene rings is 1. The van der Waals surface area contributed by atoms with Gasteiger partial charge in [0.2, 0.25) is 5.91 Å². The van der Waals surface area contributed by atoms with Gasteiger partial charge in [-0.25, -0.2) is 0 Å². The number of amides is 2. The summed E-state index contributed by atoms with van der Waals surface area (Å²) in [6.07, 6.45) is 4.50. The maximum absolute atomic E-state index is 12.4. The van der Waals surface area contributed by atoms with Gasteiger partial charge in [0.15, 0.2) is 0 Å². The zero-order valence-electron chi connectivity index (χ0n) is 14.3. The van der Waals surface area contributed by atoms with Crippen molar-refractivity contribution in [3.8, 4) is 0 Å². The Hall–Kier alpha value is -1.84. The molecule has 1 aromatic carbocycles. The third-order valence-electron chi connectivity index (χ3n) is 4.48. The molecule has 1 N–H and O–H groups in total. The van der Waals surface area contributed by atoms with E-state index in [1.54, 1.807) is 0 Å². The van der Waals surface area contributed by atoms with Crippen LogP contribution in [0.3, 0.4) is 0 Å². The number of hydrogen-bond donors (Lipinski definition) is 1. The monoisotopic (exact) mass is 316 g/mol. The van der Waals surface area contributed by atoms with Gasteiger partial charge >= 0.3 is 0 Å². The summed E-state index contributed by atoms with van der Waals surface area (Å²) in [6.45, 7) is 5.70. The molecule has 0 saturated carbocycles. The molecule has 0 bridgehead atoms. The second kappa shape index (κ2) is 8.70. The Kier molecular flexibility index (Phi) is 6.63. The summed E-state index contributed by atoms with van der Waals surface area (Å²) in [7, 11) is 0. The first-order valence-corrected chi connectivity index (χ1v) is 8.73. The summed E-state index contributed by atoms with van der Waals surface area (Å²) in [6, 6.07) is 9.60. The molecule has 0 aliphatic carbocycles. The predicted octanol–water partition coefficient (Wildman–Crippen LogP) is 3.23. The van der Waals surface area contributed by atoms with Gasteiger partial charge in [0.25, 0.3) is 5.91 Å². The van der Waals surface area contributed by atoms with Crippen LogP contribution in [0.25, 0.3) is 0 Å². The van der Waals surface area contributed by atoms with E-state index >= 15 is 0 Å². The number of nitrogens with zero attached hydrogens (tertiary/aromatic N) is 1. The average molecular weight is 316 g/mol. The highest BCUT2D eigenvalue weighted by atomic mass is 16.2. The van der Waals surface area contributed by atoms with Crippen molar-refractivity contribution in [2.24, 2.45) is 5.92 Å². The number of carbonyl (C=O) groups is 2. The normalized spacial score (nSPS) is 16.9. The number of piperidine rings is 1. The quantitative estimate of drug-likeness (QED) is 0.876. The summed E-state index contributed by atoms with van der Waals surface area (Å²) in [4.78, 5) is 26.3. The van der Waals surface area contributed by atoms with Crippen molar-refractivity contribution in [3.05, 3.63) is 35.9 Å². The van der Waals surface area contributed by atoms with Crippen LogP contribution < -0.4 is 5.32 Å². The maximum Gasteiger partial charge on any atom is 0.253 e. The lowest BCUT2D eigenvalue weighted by Crippen LogP contribution is -2.46. The fourth-order valence-corrected chi connectivity index (χ4v) is 3.19. The van der Waals surface area contributed by atoms with Gasteiger partial charge < -0.3 is 10.2 Å². The zero-order valence-corrected chi connectivity index (χ0v) is 14.3. The lowest BCUT2D eigenvalue weighted by Gasteiger charge is -2.32. The maximum atomic E-state index is 12.4. The first-order valence-electron chi connectivity index (χ1n) is 8.73. The molecule has 0 spiro atoms. The first-order chi connectivity index (χ1) is 11.1. The van der Waals surface area contributed by atoms with Crippen molar-refractivity contribution in [1.82, 2.24) is 10.2 Å². The minimum atomic E-state index is 0.0898. The molecule has 1 atom stereocenters. The predicted molar refractivity (Wildman–Crippen MR) is 92.2 cm³/mol. The van der Waals surface area contributed by atoms with Crippen molar-refractivity contribution in [2.45, 2.75) is 52.0 Å². The highest BCUT2D eigenvalue weighted by Gasteiger charge is 2.24. The Bertz CT molecular complexity index is 507. The van der Waals surface area contributed by atoms with Crippen LogP contribution in [-0.4, -0.2) is 35.8 Å². The SMILES string of the molecule is CCCC(C)CC(=O)NC1CCN(C(=O)c2ccccc2)CC1. The van der Waals surface area contributed by atoms with Gasteiger partial charge in [0.1, 0.15) is 0 Å². The van der Waals surface area contributed by atoms with Crippen LogP contribution in [0.15, 0.2) is 30.3 Å². The van der Waals surface area contributed by atoms with Crippen LogP contribution in [0.2, 0.25) is 0 Å². The fraction of sp³-hybridized carbons (Fsp3) is 0.579. The van der Waals surface area contributed by atoms with Gasteiger partial charge in [0, 0.05) is 31.1 Å². The van der Waals surface area contributed by atoms with Crippen molar-refractivity contribution >= 4 is 11.8 Å². The lowest BCUT2D eigenvalue weighted by atomic mass is 10.00. The van der Waals surface area contributed by atoms with E-state index in [0.29, 0.717) is 25.4 Å².